The summed E-state index contributed by atoms with van der Waals surface area (Å²) >= 11 is 1.52. The van der Waals surface area contributed by atoms with Gasteiger partial charge >= 0.3 is 0 Å². The Labute approximate surface area is 108 Å². The molecule has 3 aromatic rings. The quantitative estimate of drug-likeness (QED) is 0.677. The highest BCUT2D eigenvalue weighted by molar-refractivity contribution is 7.15. The van der Waals surface area contributed by atoms with Crippen LogP contribution in [-0.4, -0.2) is 22.7 Å². The van der Waals surface area contributed by atoms with E-state index in [0.717, 1.165) is 16.9 Å². The van der Waals surface area contributed by atoms with Gasteiger partial charge in [0, 0.05) is 24.3 Å². The van der Waals surface area contributed by atoms with Crippen molar-refractivity contribution in [2.24, 2.45) is 0 Å². The lowest BCUT2D eigenvalue weighted by Gasteiger charge is -2.16. The first-order chi connectivity index (χ1) is 8.81. The molecule has 0 saturated carbocycles. The molecule has 0 radical (unpaired) electrons. The maximum atomic E-state index is 11.3. The number of aromatic nitrogens is 2. The van der Waals surface area contributed by atoms with Crippen LogP contribution in [0, 0.1) is 0 Å². The molecule has 0 atom stereocenters. The topological polar surface area (TPSA) is 37.6 Å². The largest absolute Gasteiger partial charge is 0.328 e. The molecule has 0 unspecified atom stereocenters. The zero-order valence-electron chi connectivity index (χ0n) is 9.78. The molecule has 90 valence electrons. The number of benzene rings is 1. The van der Waals surface area contributed by atoms with Crippen molar-refractivity contribution in [3.8, 4) is 0 Å². The number of anilines is 2. The zero-order chi connectivity index (χ0) is 12.5. The maximum absolute atomic E-state index is 11.3. The van der Waals surface area contributed by atoms with Crippen LogP contribution in [0.1, 0.15) is 10.5 Å². The van der Waals surface area contributed by atoms with Crippen LogP contribution >= 0.6 is 11.3 Å². The third kappa shape index (κ3) is 1.60. The number of imidazole rings is 1. The molecule has 2 aromatic heterocycles. The highest BCUT2D eigenvalue weighted by Crippen LogP contribution is 2.27. The summed E-state index contributed by atoms with van der Waals surface area (Å²) in [7, 11) is 1.91. The molecular formula is C13H11N3OS. The van der Waals surface area contributed by atoms with Crippen molar-refractivity contribution in [2.75, 3.05) is 11.9 Å². The van der Waals surface area contributed by atoms with Crippen LogP contribution < -0.4 is 4.90 Å². The number of carbonyl (C=O) groups is 1. The third-order valence-electron chi connectivity index (χ3n) is 2.85. The molecule has 0 aliphatic heterocycles. The SMILES string of the molecule is CN(c1ccccc1)c1nc2sccn2c1C=O. The lowest BCUT2D eigenvalue weighted by atomic mass is 10.3. The molecule has 0 spiro atoms. The fraction of sp³-hybridized carbons (Fsp3) is 0.0769. The van der Waals surface area contributed by atoms with E-state index in [1.54, 1.807) is 0 Å². The number of fused-ring (bicyclic) bond motifs is 1. The zero-order valence-corrected chi connectivity index (χ0v) is 10.6. The van der Waals surface area contributed by atoms with Crippen molar-refractivity contribution < 1.29 is 4.79 Å². The summed E-state index contributed by atoms with van der Waals surface area (Å²) in [4.78, 5) is 18.5. The van der Waals surface area contributed by atoms with E-state index >= 15 is 0 Å². The molecule has 18 heavy (non-hydrogen) atoms. The second-order valence-electron chi connectivity index (χ2n) is 3.89. The van der Waals surface area contributed by atoms with Gasteiger partial charge in [0.25, 0.3) is 0 Å². The van der Waals surface area contributed by atoms with E-state index in [4.69, 9.17) is 0 Å². The van der Waals surface area contributed by atoms with Gasteiger partial charge in [-0.3, -0.25) is 9.20 Å². The first kappa shape index (κ1) is 11.0. The van der Waals surface area contributed by atoms with E-state index in [1.165, 1.54) is 11.3 Å². The predicted molar refractivity (Wildman–Crippen MR) is 73.0 cm³/mol. The minimum absolute atomic E-state index is 0.581. The van der Waals surface area contributed by atoms with Crippen molar-refractivity contribution in [2.45, 2.75) is 0 Å². The monoisotopic (exact) mass is 257 g/mol. The second kappa shape index (κ2) is 4.27. The van der Waals surface area contributed by atoms with E-state index in [0.29, 0.717) is 11.5 Å². The summed E-state index contributed by atoms with van der Waals surface area (Å²) in [5.74, 6) is 0.683. The van der Waals surface area contributed by atoms with Gasteiger partial charge < -0.3 is 4.90 Å². The van der Waals surface area contributed by atoms with Gasteiger partial charge in [-0.05, 0) is 12.1 Å². The standard InChI is InChI=1S/C13H11N3OS/c1-15(10-5-3-2-4-6-10)12-11(9-17)16-7-8-18-13(16)14-12/h2-9H,1H3. The second-order valence-corrected chi connectivity index (χ2v) is 4.76. The molecule has 1 aromatic carbocycles. The van der Waals surface area contributed by atoms with Gasteiger partial charge in [0.2, 0.25) is 0 Å². The third-order valence-corrected chi connectivity index (χ3v) is 3.61. The number of hydrogen-bond donors (Lipinski definition) is 0. The maximum Gasteiger partial charge on any atom is 0.196 e. The lowest BCUT2D eigenvalue weighted by molar-refractivity contribution is 0.111. The number of aldehydes is 1. The summed E-state index contributed by atoms with van der Waals surface area (Å²) in [6.07, 6.45) is 2.71. The van der Waals surface area contributed by atoms with Gasteiger partial charge in [-0.1, -0.05) is 18.2 Å². The van der Waals surface area contributed by atoms with Crippen molar-refractivity contribution in [3.63, 3.8) is 0 Å². The molecule has 0 amide bonds. The Hall–Kier alpha value is -2.14. The first-order valence-electron chi connectivity index (χ1n) is 5.51. The Balaban J connectivity index is 2.14. The number of thiazole rings is 1. The number of hydrogen-bond acceptors (Lipinski definition) is 4. The molecule has 4 nitrogen and oxygen atoms in total. The molecule has 0 bridgehead atoms. The Bertz CT molecular complexity index is 687. The Kier molecular flexibility index (Phi) is 2.60. The predicted octanol–water partition coefficient (Wildman–Crippen LogP) is 2.98. The van der Waals surface area contributed by atoms with Gasteiger partial charge in [0.15, 0.2) is 17.1 Å². The van der Waals surface area contributed by atoms with E-state index < -0.39 is 0 Å². The Morgan fingerprint density at radius 1 is 1.33 bits per heavy atom. The van der Waals surface area contributed by atoms with Crippen molar-refractivity contribution >= 4 is 34.1 Å². The Morgan fingerprint density at radius 2 is 2.11 bits per heavy atom. The summed E-state index contributed by atoms with van der Waals surface area (Å²) in [6.45, 7) is 0. The van der Waals surface area contributed by atoms with Crippen molar-refractivity contribution in [1.82, 2.24) is 9.38 Å². The van der Waals surface area contributed by atoms with Crippen LogP contribution in [0.4, 0.5) is 11.5 Å². The van der Waals surface area contributed by atoms with Crippen LogP contribution in [0.25, 0.3) is 4.96 Å². The fourth-order valence-corrected chi connectivity index (χ4v) is 2.64. The van der Waals surface area contributed by atoms with E-state index in [9.17, 15) is 4.79 Å². The summed E-state index contributed by atoms with van der Waals surface area (Å²) in [6, 6.07) is 9.86. The molecule has 5 heteroatoms. The average molecular weight is 257 g/mol. The molecule has 3 rings (SSSR count). The van der Waals surface area contributed by atoms with Crippen LogP contribution in [0.3, 0.4) is 0 Å². The van der Waals surface area contributed by atoms with Crippen LogP contribution in [0.15, 0.2) is 41.9 Å². The van der Waals surface area contributed by atoms with Crippen LogP contribution in [0.5, 0.6) is 0 Å². The molecule has 2 heterocycles. The van der Waals surface area contributed by atoms with Gasteiger partial charge in [0.1, 0.15) is 5.69 Å². The van der Waals surface area contributed by atoms with E-state index in [-0.39, 0.29) is 0 Å². The summed E-state index contributed by atoms with van der Waals surface area (Å²) in [5.41, 5.74) is 1.59. The first-order valence-corrected chi connectivity index (χ1v) is 6.38. The van der Waals surface area contributed by atoms with Gasteiger partial charge in [-0.25, -0.2) is 4.98 Å². The van der Waals surface area contributed by atoms with E-state index in [1.807, 2.05) is 58.3 Å². The van der Waals surface area contributed by atoms with E-state index in [2.05, 4.69) is 4.98 Å². The Morgan fingerprint density at radius 3 is 2.83 bits per heavy atom. The highest BCUT2D eigenvalue weighted by atomic mass is 32.1. The number of carbonyl (C=O) groups excluding carboxylic acids is 1. The smallest absolute Gasteiger partial charge is 0.196 e. The minimum Gasteiger partial charge on any atom is -0.328 e. The normalized spacial score (nSPS) is 10.7. The summed E-state index contributed by atoms with van der Waals surface area (Å²) in [5, 5.41) is 1.92. The van der Waals surface area contributed by atoms with Crippen LogP contribution in [-0.2, 0) is 0 Å². The molecule has 0 N–H and O–H groups in total. The minimum atomic E-state index is 0.581. The molecular weight excluding hydrogens is 246 g/mol. The highest BCUT2D eigenvalue weighted by Gasteiger charge is 2.16. The van der Waals surface area contributed by atoms with Crippen molar-refractivity contribution in [1.29, 1.82) is 0 Å². The number of nitrogens with zero attached hydrogens (tertiary/aromatic N) is 3. The van der Waals surface area contributed by atoms with Crippen LogP contribution in [0.2, 0.25) is 0 Å². The number of rotatable bonds is 3. The lowest BCUT2D eigenvalue weighted by Crippen LogP contribution is -2.11. The van der Waals surface area contributed by atoms with Gasteiger partial charge in [-0.15, -0.1) is 11.3 Å². The van der Waals surface area contributed by atoms with Crippen molar-refractivity contribution in [3.05, 3.63) is 47.6 Å². The fourth-order valence-electron chi connectivity index (χ4n) is 1.92. The average Bonchev–Trinajstić information content (AvgIpc) is 2.98. The van der Waals surface area contributed by atoms with Gasteiger partial charge in [0.05, 0.1) is 0 Å². The molecule has 0 saturated heterocycles. The molecule has 0 aliphatic carbocycles. The van der Waals surface area contributed by atoms with Gasteiger partial charge in [-0.2, -0.15) is 0 Å². The number of para-hydroxylation sites is 1. The molecule has 0 aliphatic rings. The summed E-state index contributed by atoms with van der Waals surface area (Å²) < 4.78 is 1.81. The molecule has 0 fully saturated rings.